The fourth-order valence-corrected chi connectivity index (χ4v) is 6.01. The molecule has 4 aliphatic rings. The minimum absolute atomic E-state index is 0.190. The summed E-state index contributed by atoms with van der Waals surface area (Å²) in [5.74, 6) is 3.14. The molecule has 0 aromatic heterocycles. The zero-order chi connectivity index (χ0) is 10.5. The van der Waals surface area contributed by atoms with Crippen molar-refractivity contribution in [3.63, 3.8) is 0 Å². The van der Waals surface area contributed by atoms with Crippen LogP contribution >= 0.6 is 0 Å². The molecule has 3 heterocycles. The summed E-state index contributed by atoms with van der Waals surface area (Å²) in [5, 5.41) is 0. The predicted molar refractivity (Wildman–Crippen MR) is 69.4 cm³/mol. The van der Waals surface area contributed by atoms with Crippen molar-refractivity contribution >= 4 is 17.5 Å². The van der Waals surface area contributed by atoms with Crippen LogP contribution in [0.4, 0.5) is 0 Å². The Kier molecular flexibility index (Phi) is 2.59. The summed E-state index contributed by atoms with van der Waals surface area (Å²) in [6.07, 6.45) is 14.5. The highest BCUT2D eigenvalue weighted by Crippen LogP contribution is 2.54. The predicted octanol–water partition coefficient (Wildman–Crippen LogP) is 3.19. The van der Waals surface area contributed by atoms with Gasteiger partial charge in [0.1, 0.15) is 12.5 Å². The summed E-state index contributed by atoms with van der Waals surface area (Å²) >= 11 is 0.190. The summed E-state index contributed by atoms with van der Waals surface area (Å²) in [4.78, 5) is 0. The van der Waals surface area contributed by atoms with E-state index in [-0.39, 0.29) is 11.2 Å². The molecule has 0 amide bonds. The molecule has 4 fully saturated rings. The average Bonchev–Trinajstić information content (AvgIpc) is 2.29. The molecule has 1 nitrogen and oxygen atoms in total. The topological polar surface area (TPSA) is 9.23 Å². The lowest BCUT2D eigenvalue weighted by atomic mass is 9.29. The molecular formula is C12H23BOS. The molecule has 0 spiro atoms. The van der Waals surface area contributed by atoms with E-state index in [0.29, 0.717) is 0 Å². The molecule has 0 aromatic rings. The van der Waals surface area contributed by atoms with E-state index >= 15 is 0 Å². The first kappa shape index (κ1) is 10.5. The van der Waals surface area contributed by atoms with E-state index in [4.69, 9.17) is 4.10 Å². The van der Waals surface area contributed by atoms with Crippen LogP contribution in [0.2, 0.25) is 19.0 Å². The fourth-order valence-electron chi connectivity index (χ4n) is 4.94. The van der Waals surface area contributed by atoms with Gasteiger partial charge in [-0.05, 0) is 5.92 Å². The zero-order valence-electron chi connectivity index (χ0n) is 10.1. The zero-order valence-corrected chi connectivity index (χ0v) is 10.9. The molecule has 4 rings (SSSR count). The van der Waals surface area contributed by atoms with E-state index in [1.807, 2.05) is 0 Å². The van der Waals surface area contributed by atoms with Crippen LogP contribution in [0.15, 0.2) is 0 Å². The quantitative estimate of drug-likeness (QED) is 0.519. The number of hydrogen-bond acceptors (Lipinski definition) is 1. The Balaban J connectivity index is 1.83. The highest BCUT2D eigenvalue weighted by Gasteiger charge is 2.47. The largest absolute Gasteiger partial charge is 0.393 e. The lowest BCUT2D eigenvalue weighted by Crippen LogP contribution is -2.46. The highest BCUT2D eigenvalue weighted by atomic mass is 32.2. The molecule has 15 heavy (non-hydrogen) atoms. The molecule has 4 bridgehead atoms. The van der Waals surface area contributed by atoms with Crippen molar-refractivity contribution in [2.24, 2.45) is 17.8 Å². The maximum Gasteiger partial charge on any atom is 0.183 e. The normalized spacial score (nSPS) is 48.6. The van der Waals surface area contributed by atoms with Gasteiger partial charge < -0.3 is 4.10 Å². The Morgan fingerprint density at radius 2 is 1.60 bits per heavy atom. The minimum Gasteiger partial charge on any atom is -0.393 e. The highest BCUT2D eigenvalue weighted by molar-refractivity contribution is 7.91. The van der Waals surface area contributed by atoms with Crippen molar-refractivity contribution in [1.29, 1.82) is 0 Å². The van der Waals surface area contributed by atoms with Gasteiger partial charge in [-0.2, -0.15) is 0 Å². The Morgan fingerprint density at radius 3 is 2.20 bits per heavy atom. The van der Waals surface area contributed by atoms with E-state index in [0.717, 1.165) is 17.8 Å². The molecule has 1 saturated carbocycles. The number of hydrogen-bond donors (Lipinski definition) is 0. The first-order valence-electron chi connectivity index (χ1n) is 6.62. The average molecular weight is 226 g/mol. The van der Waals surface area contributed by atoms with E-state index in [2.05, 4.69) is 12.5 Å². The molecule has 86 valence electrons. The molecule has 3 heteroatoms. The first-order valence-corrected chi connectivity index (χ1v) is 8.58. The smallest absolute Gasteiger partial charge is 0.183 e. The number of rotatable bonds is 2. The Labute approximate surface area is 96.8 Å². The first-order chi connectivity index (χ1) is 7.15. The van der Waals surface area contributed by atoms with Gasteiger partial charge in [0.2, 0.25) is 0 Å². The third kappa shape index (κ3) is 1.98. The van der Waals surface area contributed by atoms with E-state index in [1.54, 1.807) is 0 Å². The molecular weight excluding hydrogens is 203 g/mol. The summed E-state index contributed by atoms with van der Waals surface area (Å²) in [5.41, 5.74) is 0. The standard InChI is InChI=1S/C12H23BOS/c1-15(2)14-13-4-3-10-5-11(8-13)7-12(6-10)9-13/h10-12H,3-9H2,1-2H3/t10?,11-,12+,13?. The van der Waals surface area contributed by atoms with Gasteiger partial charge in [-0.15, -0.1) is 19.0 Å². The van der Waals surface area contributed by atoms with Crippen LogP contribution in [0.25, 0.3) is 0 Å². The van der Waals surface area contributed by atoms with Gasteiger partial charge in [0.25, 0.3) is 0 Å². The summed E-state index contributed by atoms with van der Waals surface area (Å²) in [6, 6.07) is 0. The SMILES string of the molecule is C[S+](C)O[B-]12CCC3C[C@H](C[C@H](C3)C1)C2. The molecule has 4 atom stereocenters. The van der Waals surface area contributed by atoms with E-state index < -0.39 is 6.35 Å². The lowest BCUT2D eigenvalue weighted by Gasteiger charge is -2.47. The van der Waals surface area contributed by atoms with Gasteiger partial charge in [0, 0.05) is 0 Å². The molecule has 1 aliphatic carbocycles. The maximum atomic E-state index is 6.42. The third-order valence-electron chi connectivity index (χ3n) is 5.02. The Morgan fingerprint density at radius 1 is 1.00 bits per heavy atom. The summed E-state index contributed by atoms with van der Waals surface area (Å²) in [6.45, 7) is 0. The lowest BCUT2D eigenvalue weighted by molar-refractivity contribution is 0.208. The van der Waals surface area contributed by atoms with Crippen LogP contribution in [-0.4, -0.2) is 18.9 Å². The number of fused-ring (bicyclic) bond motifs is 1. The van der Waals surface area contributed by atoms with E-state index in [9.17, 15) is 0 Å². The Bertz CT molecular complexity index is 242. The summed E-state index contributed by atoms with van der Waals surface area (Å²) < 4.78 is 6.42. The molecule has 0 aromatic carbocycles. The minimum atomic E-state index is -0.394. The monoisotopic (exact) mass is 226 g/mol. The fraction of sp³-hybridized carbons (Fsp3) is 1.00. The van der Waals surface area contributed by atoms with Crippen molar-refractivity contribution in [3.05, 3.63) is 0 Å². The molecule has 3 aliphatic heterocycles. The Hall–Kier alpha value is 0.375. The van der Waals surface area contributed by atoms with Crippen molar-refractivity contribution in [2.45, 2.75) is 44.6 Å². The van der Waals surface area contributed by atoms with Gasteiger partial charge in [-0.25, -0.2) is 0 Å². The maximum absolute atomic E-state index is 6.42. The van der Waals surface area contributed by atoms with Crippen molar-refractivity contribution in [2.75, 3.05) is 12.5 Å². The van der Waals surface area contributed by atoms with Crippen LogP contribution < -0.4 is 0 Å². The van der Waals surface area contributed by atoms with Crippen LogP contribution in [0.1, 0.15) is 25.7 Å². The van der Waals surface area contributed by atoms with Gasteiger partial charge in [0.05, 0.1) is 11.2 Å². The van der Waals surface area contributed by atoms with Gasteiger partial charge in [-0.1, -0.05) is 37.5 Å². The van der Waals surface area contributed by atoms with Gasteiger partial charge in [0.15, 0.2) is 6.35 Å². The molecule has 2 unspecified atom stereocenters. The van der Waals surface area contributed by atoms with Gasteiger partial charge >= 0.3 is 0 Å². The van der Waals surface area contributed by atoms with Crippen LogP contribution in [0.5, 0.6) is 0 Å². The van der Waals surface area contributed by atoms with Crippen LogP contribution in [-0.2, 0) is 15.3 Å². The summed E-state index contributed by atoms with van der Waals surface area (Å²) in [7, 11) is 0. The van der Waals surface area contributed by atoms with Gasteiger partial charge in [-0.3, -0.25) is 0 Å². The molecule has 3 saturated heterocycles. The van der Waals surface area contributed by atoms with Crippen molar-refractivity contribution < 1.29 is 4.10 Å². The molecule has 0 radical (unpaired) electrons. The second kappa shape index (κ2) is 3.70. The second-order valence-corrected chi connectivity index (χ2v) is 8.23. The molecule has 0 N–H and O–H groups in total. The van der Waals surface area contributed by atoms with Crippen LogP contribution in [0.3, 0.4) is 0 Å². The van der Waals surface area contributed by atoms with Crippen molar-refractivity contribution in [1.82, 2.24) is 0 Å². The second-order valence-electron chi connectivity index (χ2n) is 6.56. The third-order valence-corrected chi connectivity index (χ3v) is 5.82. The van der Waals surface area contributed by atoms with E-state index in [1.165, 1.54) is 44.6 Å². The van der Waals surface area contributed by atoms with Crippen LogP contribution in [0, 0.1) is 17.8 Å². The van der Waals surface area contributed by atoms with Crippen molar-refractivity contribution in [3.8, 4) is 0 Å².